The van der Waals surface area contributed by atoms with Gasteiger partial charge in [0.1, 0.15) is 0 Å². The summed E-state index contributed by atoms with van der Waals surface area (Å²) >= 11 is 0. The highest BCUT2D eigenvalue weighted by atomic mass is 15.1. The monoisotopic (exact) mass is 394 g/mol. The summed E-state index contributed by atoms with van der Waals surface area (Å²) in [4.78, 5) is 0. The second-order valence-electron chi connectivity index (χ2n) is 10.4. The van der Waals surface area contributed by atoms with E-state index in [2.05, 4.69) is 55.6 Å². The Bertz CT molecular complexity index is 681. The molecule has 0 bridgehead atoms. The van der Waals surface area contributed by atoms with Crippen molar-refractivity contribution in [2.45, 2.75) is 97.1 Å². The van der Waals surface area contributed by atoms with Gasteiger partial charge in [0, 0.05) is 5.70 Å². The zero-order valence-electron chi connectivity index (χ0n) is 18.8. The van der Waals surface area contributed by atoms with E-state index in [1.165, 1.54) is 88.3 Å². The minimum atomic E-state index is 0.0873. The molecule has 4 rings (SSSR count). The Morgan fingerprint density at radius 1 is 0.862 bits per heavy atom. The van der Waals surface area contributed by atoms with Crippen LogP contribution in [-0.4, -0.2) is 6.17 Å². The molecule has 29 heavy (non-hydrogen) atoms. The van der Waals surface area contributed by atoms with Crippen molar-refractivity contribution in [3.63, 3.8) is 0 Å². The molecule has 1 spiro atoms. The maximum Gasteiger partial charge on any atom is 0.0777 e. The van der Waals surface area contributed by atoms with Crippen LogP contribution in [0.25, 0.3) is 0 Å². The molecule has 0 aromatic heterocycles. The van der Waals surface area contributed by atoms with Gasteiger partial charge in [-0.2, -0.15) is 0 Å². The van der Waals surface area contributed by atoms with Gasteiger partial charge < -0.3 is 11.1 Å². The fourth-order valence-corrected chi connectivity index (χ4v) is 6.83. The van der Waals surface area contributed by atoms with Crippen LogP contribution < -0.4 is 11.1 Å². The first-order chi connectivity index (χ1) is 14.1. The van der Waals surface area contributed by atoms with Gasteiger partial charge in [-0.15, -0.1) is 0 Å². The van der Waals surface area contributed by atoms with Gasteiger partial charge in [-0.3, -0.25) is 0 Å². The van der Waals surface area contributed by atoms with E-state index in [9.17, 15) is 0 Å². The third-order valence-corrected chi connectivity index (χ3v) is 9.23. The van der Waals surface area contributed by atoms with E-state index in [0.717, 1.165) is 0 Å². The topological polar surface area (TPSA) is 38.0 Å². The number of nitrogens with one attached hydrogen (secondary N) is 1. The maximum absolute atomic E-state index is 6.74. The molecule has 0 aromatic rings. The minimum Gasteiger partial charge on any atom is -0.370 e. The molecule has 1 aliphatic heterocycles. The fraction of sp³-hybridized carbons (Fsp3) is 0.704. The van der Waals surface area contributed by atoms with Crippen LogP contribution in [0, 0.1) is 22.7 Å². The van der Waals surface area contributed by atoms with Gasteiger partial charge in [0.2, 0.25) is 0 Å². The van der Waals surface area contributed by atoms with Crippen molar-refractivity contribution in [3.8, 4) is 0 Å². The summed E-state index contributed by atoms with van der Waals surface area (Å²) in [6, 6.07) is 0. The molecule has 2 saturated carbocycles. The average Bonchev–Trinajstić information content (AvgIpc) is 2.81. The molecule has 0 saturated heterocycles. The normalized spacial score (nSPS) is 35.8. The Labute approximate surface area is 178 Å². The van der Waals surface area contributed by atoms with Crippen molar-refractivity contribution in [1.29, 1.82) is 0 Å². The molecule has 2 fully saturated rings. The minimum absolute atomic E-state index is 0.0873. The summed E-state index contributed by atoms with van der Waals surface area (Å²) in [6.07, 6.45) is 29.9. The van der Waals surface area contributed by atoms with Gasteiger partial charge in [0.25, 0.3) is 0 Å². The van der Waals surface area contributed by atoms with E-state index in [-0.39, 0.29) is 6.17 Å². The van der Waals surface area contributed by atoms with Crippen LogP contribution in [0.4, 0.5) is 0 Å². The molecule has 3 aliphatic carbocycles. The number of allylic oxidation sites excluding steroid dienone is 7. The van der Waals surface area contributed by atoms with Gasteiger partial charge in [-0.25, -0.2) is 0 Å². The van der Waals surface area contributed by atoms with E-state index in [4.69, 9.17) is 5.73 Å². The molecule has 3 unspecified atom stereocenters. The SMILES string of the molecule is CCC1(CC)CCC2(CCCCC3C4=C(/C=C\C=C/C=C4)NC(N)C3CC2)CC1. The molecule has 2 heteroatoms. The summed E-state index contributed by atoms with van der Waals surface area (Å²) in [5.74, 6) is 1.17. The summed E-state index contributed by atoms with van der Waals surface area (Å²) in [6.45, 7) is 4.83. The van der Waals surface area contributed by atoms with Crippen molar-refractivity contribution in [1.82, 2.24) is 5.32 Å². The number of rotatable bonds is 2. The Kier molecular flexibility index (Phi) is 6.39. The predicted molar refractivity (Wildman–Crippen MR) is 124 cm³/mol. The Morgan fingerprint density at radius 3 is 2.31 bits per heavy atom. The van der Waals surface area contributed by atoms with Crippen molar-refractivity contribution in [2.24, 2.45) is 28.4 Å². The zero-order valence-corrected chi connectivity index (χ0v) is 18.8. The number of hydrogen-bond donors (Lipinski definition) is 2. The first-order valence-electron chi connectivity index (χ1n) is 12.4. The van der Waals surface area contributed by atoms with Crippen molar-refractivity contribution in [3.05, 3.63) is 47.7 Å². The quantitative estimate of drug-likeness (QED) is 0.542. The number of fused-ring (bicyclic) bond motifs is 2. The van der Waals surface area contributed by atoms with Crippen LogP contribution in [0.3, 0.4) is 0 Å². The first kappa shape index (κ1) is 21.0. The van der Waals surface area contributed by atoms with E-state index >= 15 is 0 Å². The molecule has 4 aliphatic rings. The van der Waals surface area contributed by atoms with Crippen LogP contribution in [-0.2, 0) is 0 Å². The lowest BCUT2D eigenvalue weighted by atomic mass is 9.58. The summed E-state index contributed by atoms with van der Waals surface area (Å²) in [7, 11) is 0. The first-order valence-corrected chi connectivity index (χ1v) is 12.4. The second-order valence-corrected chi connectivity index (χ2v) is 10.4. The van der Waals surface area contributed by atoms with Crippen molar-refractivity contribution in [2.75, 3.05) is 0 Å². The lowest BCUT2D eigenvalue weighted by Crippen LogP contribution is -2.50. The highest BCUT2D eigenvalue weighted by Crippen LogP contribution is 2.54. The van der Waals surface area contributed by atoms with Gasteiger partial charge in [-0.1, -0.05) is 69.9 Å². The highest BCUT2D eigenvalue weighted by molar-refractivity contribution is 5.41. The maximum atomic E-state index is 6.74. The van der Waals surface area contributed by atoms with E-state index < -0.39 is 0 Å². The van der Waals surface area contributed by atoms with Crippen LogP contribution >= 0.6 is 0 Å². The molecule has 0 amide bonds. The lowest BCUT2D eigenvalue weighted by molar-refractivity contribution is 0.0482. The molecule has 1 heterocycles. The molecular weight excluding hydrogens is 352 g/mol. The number of hydrogen-bond acceptors (Lipinski definition) is 2. The predicted octanol–water partition coefficient (Wildman–Crippen LogP) is 6.76. The van der Waals surface area contributed by atoms with Gasteiger partial charge in [0.05, 0.1) is 6.17 Å². The smallest absolute Gasteiger partial charge is 0.0777 e. The highest BCUT2D eigenvalue weighted by Gasteiger charge is 2.43. The van der Waals surface area contributed by atoms with Crippen LogP contribution in [0.15, 0.2) is 47.7 Å². The number of nitrogens with two attached hydrogens (primary N) is 1. The molecule has 3 atom stereocenters. The molecular formula is C27H42N2. The van der Waals surface area contributed by atoms with E-state index in [1.807, 2.05) is 0 Å². The third-order valence-electron chi connectivity index (χ3n) is 9.23. The van der Waals surface area contributed by atoms with E-state index in [0.29, 0.717) is 22.7 Å². The molecule has 2 nitrogen and oxygen atoms in total. The fourth-order valence-electron chi connectivity index (χ4n) is 6.83. The largest absolute Gasteiger partial charge is 0.370 e. The van der Waals surface area contributed by atoms with Crippen LogP contribution in [0.1, 0.15) is 90.9 Å². The van der Waals surface area contributed by atoms with E-state index in [1.54, 1.807) is 0 Å². The second kappa shape index (κ2) is 8.84. The average molecular weight is 395 g/mol. The van der Waals surface area contributed by atoms with Crippen molar-refractivity contribution < 1.29 is 0 Å². The van der Waals surface area contributed by atoms with Crippen molar-refractivity contribution >= 4 is 0 Å². The zero-order chi connectivity index (χ0) is 20.3. The van der Waals surface area contributed by atoms with Gasteiger partial charge in [-0.05, 0) is 85.7 Å². The standard InChI is InChI=1S/C27H42N2/c1-3-26(4-2)17-19-27(20-18-26)15-10-9-11-21-22-12-7-5-6-8-13-24(22)29-25(28)23(21)14-16-27/h5-8,12-13,21,23,25,29H,3-4,9-11,14-20,28H2,1-2H3/b6-5-,7-5?,8-6?,12-7?,13-8-,22-12?,24-13?. The van der Waals surface area contributed by atoms with Crippen LogP contribution in [0.2, 0.25) is 0 Å². The van der Waals surface area contributed by atoms with Gasteiger partial charge >= 0.3 is 0 Å². The third kappa shape index (κ3) is 4.29. The summed E-state index contributed by atoms with van der Waals surface area (Å²) < 4.78 is 0. The van der Waals surface area contributed by atoms with Gasteiger partial charge in [0.15, 0.2) is 0 Å². The Hall–Kier alpha value is -1.28. The Balaban J connectivity index is 1.53. The molecule has 0 aromatic carbocycles. The lowest BCUT2D eigenvalue weighted by Gasteiger charge is -2.47. The van der Waals surface area contributed by atoms with Crippen LogP contribution in [0.5, 0.6) is 0 Å². The Morgan fingerprint density at radius 2 is 1.59 bits per heavy atom. The molecule has 3 N–H and O–H groups in total. The molecule has 0 radical (unpaired) electrons. The molecule has 160 valence electrons. The summed E-state index contributed by atoms with van der Waals surface area (Å²) in [5.41, 5.74) is 10.7. The summed E-state index contributed by atoms with van der Waals surface area (Å²) in [5, 5.41) is 3.66.